The molecule has 0 aromatic heterocycles. The number of hydrogen-bond acceptors (Lipinski definition) is 4. The first-order chi connectivity index (χ1) is 10.1. The number of amides is 3. The predicted octanol–water partition coefficient (Wildman–Crippen LogP) is 1.85. The van der Waals surface area contributed by atoms with E-state index in [1.807, 2.05) is 24.3 Å². The van der Waals surface area contributed by atoms with Gasteiger partial charge in [0.05, 0.1) is 6.04 Å². The zero-order valence-electron chi connectivity index (χ0n) is 11.5. The number of rotatable bonds is 2. The number of carbonyl (C=O) groups excluding carboxylic acids is 3. The average Bonchev–Trinajstić information content (AvgIpc) is 2.79. The van der Waals surface area contributed by atoms with Crippen LogP contribution in [0.1, 0.15) is 42.9 Å². The lowest BCUT2D eigenvalue weighted by molar-refractivity contribution is -0.171. The van der Waals surface area contributed by atoms with E-state index in [1.165, 1.54) is 5.56 Å². The number of nitrogens with zero attached hydrogens (tertiary/aromatic N) is 1. The van der Waals surface area contributed by atoms with Crippen molar-refractivity contribution in [3.05, 3.63) is 35.4 Å². The molecule has 110 valence electrons. The summed E-state index contributed by atoms with van der Waals surface area (Å²) >= 11 is 0. The fourth-order valence-electron chi connectivity index (χ4n) is 2.81. The third-order valence-electron chi connectivity index (χ3n) is 3.84. The van der Waals surface area contributed by atoms with Crippen molar-refractivity contribution < 1.29 is 19.2 Å². The zero-order valence-corrected chi connectivity index (χ0v) is 11.5. The van der Waals surface area contributed by atoms with Gasteiger partial charge < -0.3 is 10.2 Å². The Morgan fingerprint density at radius 2 is 1.86 bits per heavy atom. The molecule has 2 aliphatic rings. The minimum atomic E-state index is -0.764. The molecule has 0 spiro atoms. The van der Waals surface area contributed by atoms with Crippen LogP contribution < -0.4 is 5.32 Å². The minimum Gasteiger partial charge on any atom is -0.313 e. The van der Waals surface area contributed by atoms with Crippen LogP contribution in [-0.4, -0.2) is 23.0 Å². The molecule has 21 heavy (non-hydrogen) atoms. The zero-order chi connectivity index (χ0) is 14.8. The van der Waals surface area contributed by atoms with Crippen LogP contribution in [0.3, 0.4) is 0 Å². The van der Waals surface area contributed by atoms with Gasteiger partial charge in [-0.25, -0.2) is 4.79 Å². The van der Waals surface area contributed by atoms with Gasteiger partial charge in [0.15, 0.2) is 0 Å². The average molecular weight is 288 g/mol. The molecule has 1 aliphatic heterocycles. The van der Waals surface area contributed by atoms with E-state index in [-0.39, 0.29) is 18.9 Å². The lowest BCUT2D eigenvalue weighted by Gasteiger charge is -2.26. The van der Waals surface area contributed by atoms with E-state index in [0.29, 0.717) is 5.06 Å². The van der Waals surface area contributed by atoms with E-state index in [2.05, 4.69) is 5.32 Å². The van der Waals surface area contributed by atoms with E-state index in [1.54, 1.807) is 0 Å². The topological polar surface area (TPSA) is 75.7 Å². The van der Waals surface area contributed by atoms with Crippen LogP contribution in [0.5, 0.6) is 0 Å². The summed E-state index contributed by atoms with van der Waals surface area (Å²) in [6, 6.07) is 7.78. The molecular formula is C15H16N2O4. The van der Waals surface area contributed by atoms with Crippen molar-refractivity contribution in [1.82, 2.24) is 10.4 Å². The molecule has 1 N–H and O–H groups in total. The standard InChI is InChI=1S/C15H16N2O4/c18-13-8-9-14(19)17(13)21-15(20)16-12-7-3-5-10-4-1-2-6-11(10)12/h1-2,4,6,12H,3,5,7-9H2,(H,16,20). The molecule has 3 amide bonds. The van der Waals surface area contributed by atoms with Gasteiger partial charge >= 0.3 is 6.09 Å². The monoisotopic (exact) mass is 288 g/mol. The summed E-state index contributed by atoms with van der Waals surface area (Å²) in [6.07, 6.45) is 2.21. The summed E-state index contributed by atoms with van der Waals surface area (Å²) < 4.78 is 0. The summed E-state index contributed by atoms with van der Waals surface area (Å²) in [4.78, 5) is 39.5. The number of fused-ring (bicyclic) bond motifs is 1. The highest BCUT2D eigenvalue weighted by Gasteiger charge is 2.33. The Bertz CT molecular complexity index is 583. The first-order valence-corrected chi connectivity index (χ1v) is 7.07. The predicted molar refractivity (Wildman–Crippen MR) is 72.8 cm³/mol. The van der Waals surface area contributed by atoms with Crippen LogP contribution >= 0.6 is 0 Å². The Morgan fingerprint density at radius 3 is 2.62 bits per heavy atom. The molecule has 1 aliphatic carbocycles. The Labute approximate surface area is 122 Å². The van der Waals surface area contributed by atoms with Crippen molar-refractivity contribution in [3.63, 3.8) is 0 Å². The van der Waals surface area contributed by atoms with E-state index in [9.17, 15) is 14.4 Å². The summed E-state index contributed by atoms with van der Waals surface area (Å²) in [6.45, 7) is 0. The van der Waals surface area contributed by atoms with E-state index < -0.39 is 17.9 Å². The maximum atomic E-state index is 11.9. The van der Waals surface area contributed by atoms with Crippen molar-refractivity contribution in [3.8, 4) is 0 Å². The molecule has 1 saturated heterocycles. The number of nitrogens with one attached hydrogen (secondary N) is 1. The highest BCUT2D eigenvalue weighted by Crippen LogP contribution is 2.29. The van der Waals surface area contributed by atoms with Gasteiger partial charge in [0.1, 0.15) is 0 Å². The molecular weight excluding hydrogens is 272 g/mol. The molecule has 1 unspecified atom stereocenters. The van der Waals surface area contributed by atoms with Gasteiger partial charge in [-0.1, -0.05) is 24.3 Å². The highest BCUT2D eigenvalue weighted by atomic mass is 16.7. The number of aryl methyl sites for hydroxylation is 1. The first kappa shape index (κ1) is 13.6. The van der Waals surface area contributed by atoms with Crippen molar-refractivity contribution in [2.75, 3.05) is 0 Å². The Morgan fingerprint density at radius 1 is 1.14 bits per heavy atom. The summed E-state index contributed by atoms with van der Waals surface area (Å²) in [5, 5.41) is 3.30. The first-order valence-electron chi connectivity index (χ1n) is 7.07. The second-order valence-electron chi connectivity index (χ2n) is 5.25. The molecule has 0 radical (unpaired) electrons. The SMILES string of the molecule is O=C(NC1CCCc2ccccc21)ON1C(=O)CCC1=O. The molecule has 0 bridgehead atoms. The van der Waals surface area contributed by atoms with Gasteiger partial charge in [0.25, 0.3) is 11.8 Å². The molecule has 6 nitrogen and oxygen atoms in total. The fraction of sp³-hybridized carbons (Fsp3) is 0.400. The summed E-state index contributed by atoms with van der Waals surface area (Å²) in [5.41, 5.74) is 2.28. The third kappa shape index (κ3) is 2.74. The molecule has 6 heteroatoms. The van der Waals surface area contributed by atoms with Crippen LogP contribution in [0, 0.1) is 0 Å². The molecule has 1 atom stereocenters. The highest BCUT2D eigenvalue weighted by molar-refractivity contribution is 6.01. The van der Waals surface area contributed by atoms with Crippen LogP contribution in [0.2, 0.25) is 0 Å². The van der Waals surface area contributed by atoms with Crippen LogP contribution in [0.4, 0.5) is 4.79 Å². The number of hydroxylamine groups is 2. The van der Waals surface area contributed by atoms with Gasteiger partial charge in [-0.05, 0) is 30.4 Å². The van der Waals surface area contributed by atoms with E-state index in [4.69, 9.17) is 4.84 Å². The Kier molecular flexibility index (Phi) is 3.60. The maximum absolute atomic E-state index is 11.9. The van der Waals surface area contributed by atoms with Crippen molar-refractivity contribution in [2.24, 2.45) is 0 Å². The molecule has 1 aromatic rings. The third-order valence-corrected chi connectivity index (χ3v) is 3.84. The number of hydrogen-bond donors (Lipinski definition) is 1. The van der Waals surface area contributed by atoms with Gasteiger partial charge in [-0.2, -0.15) is 0 Å². The second kappa shape index (κ2) is 5.55. The van der Waals surface area contributed by atoms with Gasteiger partial charge in [-0.3, -0.25) is 9.59 Å². The lowest BCUT2D eigenvalue weighted by Crippen LogP contribution is -2.39. The van der Waals surface area contributed by atoms with Crippen LogP contribution in [-0.2, 0) is 20.8 Å². The van der Waals surface area contributed by atoms with E-state index >= 15 is 0 Å². The Balaban J connectivity index is 1.66. The minimum absolute atomic E-state index is 0.0956. The Hall–Kier alpha value is -2.37. The molecule has 1 fully saturated rings. The second-order valence-corrected chi connectivity index (χ2v) is 5.25. The molecule has 1 heterocycles. The fourth-order valence-corrected chi connectivity index (χ4v) is 2.81. The maximum Gasteiger partial charge on any atom is 0.432 e. The normalized spacial score (nSPS) is 21.1. The molecule has 3 rings (SSSR count). The van der Waals surface area contributed by atoms with Gasteiger partial charge in [0, 0.05) is 12.8 Å². The lowest BCUT2D eigenvalue weighted by atomic mass is 9.88. The summed E-state index contributed by atoms with van der Waals surface area (Å²) in [5.74, 6) is -0.946. The number of benzene rings is 1. The number of carbonyl (C=O) groups is 3. The smallest absolute Gasteiger partial charge is 0.313 e. The van der Waals surface area contributed by atoms with E-state index in [0.717, 1.165) is 24.8 Å². The number of imide groups is 1. The molecule has 0 saturated carbocycles. The van der Waals surface area contributed by atoms with Crippen LogP contribution in [0.15, 0.2) is 24.3 Å². The largest absolute Gasteiger partial charge is 0.432 e. The van der Waals surface area contributed by atoms with Crippen molar-refractivity contribution in [2.45, 2.75) is 38.1 Å². The van der Waals surface area contributed by atoms with Crippen LogP contribution in [0.25, 0.3) is 0 Å². The van der Waals surface area contributed by atoms with Crippen molar-refractivity contribution >= 4 is 17.9 Å². The van der Waals surface area contributed by atoms with Crippen molar-refractivity contribution in [1.29, 1.82) is 0 Å². The summed E-state index contributed by atoms with van der Waals surface area (Å²) in [7, 11) is 0. The van der Waals surface area contributed by atoms with Gasteiger partial charge in [0.2, 0.25) is 0 Å². The van der Waals surface area contributed by atoms with Gasteiger partial charge in [-0.15, -0.1) is 5.06 Å². The molecule has 1 aromatic carbocycles. The quantitative estimate of drug-likeness (QED) is 0.843.